The number of carbonyl (C=O) groups is 1. The average Bonchev–Trinajstić information content (AvgIpc) is 2.26. The van der Waals surface area contributed by atoms with Gasteiger partial charge in [0.2, 0.25) is 0 Å². The summed E-state index contributed by atoms with van der Waals surface area (Å²) in [6.07, 6.45) is -2.84. The molecule has 1 unspecified atom stereocenters. The van der Waals surface area contributed by atoms with Crippen LogP contribution in [0, 0.1) is 0 Å². The van der Waals surface area contributed by atoms with Crippen LogP contribution in [0.5, 0.6) is 0 Å². The maximum absolute atomic E-state index is 11.9. The fourth-order valence-electron chi connectivity index (χ4n) is 1.78. The molecule has 1 heterocycles. The molecule has 1 aliphatic rings. The van der Waals surface area contributed by atoms with Crippen LogP contribution in [0.1, 0.15) is 19.8 Å². The number of nitrogens with zero attached hydrogens (tertiary/aromatic N) is 1. The molecule has 1 saturated heterocycles. The fraction of sp³-hybridized carbons (Fsp3) is 0.900. The predicted molar refractivity (Wildman–Crippen MR) is 55.7 cm³/mol. The lowest BCUT2D eigenvalue weighted by Gasteiger charge is -2.32. The lowest BCUT2D eigenvalue weighted by Crippen LogP contribution is -2.49. The zero-order valence-corrected chi connectivity index (χ0v) is 9.72. The number of nitrogens with one attached hydrogen (secondary N) is 1. The number of urea groups is 1. The highest BCUT2D eigenvalue weighted by atomic mass is 19.4. The monoisotopic (exact) mass is 254 g/mol. The van der Waals surface area contributed by atoms with Crippen LogP contribution in [-0.2, 0) is 4.74 Å². The molecule has 0 saturated carbocycles. The molecule has 1 aliphatic heterocycles. The molecule has 4 nitrogen and oxygen atoms in total. The zero-order valence-electron chi connectivity index (χ0n) is 9.72. The van der Waals surface area contributed by atoms with E-state index >= 15 is 0 Å². The van der Waals surface area contributed by atoms with Crippen LogP contribution in [0.3, 0.4) is 0 Å². The molecule has 0 aromatic heterocycles. The van der Waals surface area contributed by atoms with Gasteiger partial charge in [0.05, 0.1) is 6.10 Å². The van der Waals surface area contributed by atoms with Gasteiger partial charge in [0.15, 0.2) is 0 Å². The standard InChI is InChI=1S/C10H17F3N2O2/c1-2-17-8-4-3-5-15(6-8)9(16)14-7-10(11,12)13/h8H,2-7H2,1H3,(H,14,16). The quantitative estimate of drug-likeness (QED) is 0.833. The lowest BCUT2D eigenvalue weighted by atomic mass is 10.1. The Hall–Kier alpha value is -0.980. The van der Waals surface area contributed by atoms with Gasteiger partial charge in [-0.05, 0) is 19.8 Å². The minimum Gasteiger partial charge on any atom is -0.377 e. The number of likely N-dealkylation sites (tertiary alicyclic amines) is 1. The van der Waals surface area contributed by atoms with Crippen LogP contribution in [0.15, 0.2) is 0 Å². The molecule has 0 aliphatic carbocycles. The summed E-state index contributed by atoms with van der Waals surface area (Å²) < 4.78 is 41.1. The summed E-state index contributed by atoms with van der Waals surface area (Å²) >= 11 is 0. The molecule has 2 amide bonds. The molecule has 0 aromatic carbocycles. The second kappa shape index (κ2) is 6.09. The Kier molecular flexibility index (Phi) is 5.04. The second-order valence-electron chi connectivity index (χ2n) is 3.94. The highest BCUT2D eigenvalue weighted by Crippen LogP contribution is 2.15. The van der Waals surface area contributed by atoms with Gasteiger partial charge in [0, 0.05) is 19.7 Å². The van der Waals surface area contributed by atoms with E-state index in [0.29, 0.717) is 19.7 Å². The predicted octanol–water partition coefficient (Wildman–Crippen LogP) is 1.76. The van der Waals surface area contributed by atoms with E-state index in [4.69, 9.17) is 4.74 Å². The number of amides is 2. The number of carbonyl (C=O) groups excluding carboxylic acids is 1. The van der Waals surface area contributed by atoms with Gasteiger partial charge in [-0.25, -0.2) is 4.79 Å². The summed E-state index contributed by atoms with van der Waals surface area (Å²) in [6, 6.07) is -0.674. The molecule has 100 valence electrons. The summed E-state index contributed by atoms with van der Waals surface area (Å²) in [7, 11) is 0. The highest BCUT2D eigenvalue weighted by molar-refractivity contribution is 5.74. The maximum Gasteiger partial charge on any atom is 0.405 e. The second-order valence-corrected chi connectivity index (χ2v) is 3.94. The minimum absolute atomic E-state index is 0.0645. The van der Waals surface area contributed by atoms with E-state index in [1.165, 1.54) is 4.90 Å². The first-order chi connectivity index (χ1) is 7.92. The van der Waals surface area contributed by atoms with Gasteiger partial charge < -0.3 is 15.0 Å². The molecule has 0 aromatic rings. The van der Waals surface area contributed by atoms with Crippen LogP contribution in [0.4, 0.5) is 18.0 Å². The number of hydrogen-bond acceptors (Lipinski definition) is 2. The Bertz CT molecular complexity index is 256. The van der Waals surface area contributed by atoms with Crippen molar-refractivity contribution in [2.24, 2.45) is 0 Å². The van der Waals surface area contributed by atoms with Crippen molar-refractivity contribution in [1.29, 1.82) is 0 Å². The van der Waals surface area contributed by atoms with Crippen molar-refractivity contribution in [3.63, 3.8) is 0 Å². The van der Waals surface area contributed by atoms with E-state index < -0.39 is 18.8 Å². The Morgan fingerprint density at radius 1 is 1.53 bits per heavy atom. The van der Waals surface area contributed by atoms with E-state index in [9.17, 15) is 18.0 Å². The van der Waals surface area contributed by atoms with E-state index in [1.54, 1.807) is 0 Å². The average molecular weight is 254 g/mol. The molecule has 0 bridgehead atoms. The topological polar surface area (TPSA) is 41.6 Å². The number of hydrogen-bond donors (Lipinski definition) is 1. The van der Waals surface area contributed by atoms with Gasteiger partial charge >= 0.3 is 12.2 Å². The summed E-state index contributed by atoms with van der Waals surface area (Å²) in [5.41, 5.74) is 0. The molecule has 1 rings (SSSR count). The largest absolute Gasteiger partial charge is 0.405 e. The summed E-state index contributed by atoms with van der Waals surface area (Å²) in [5, 5.41) is 1.86. The smallest absolute Gasteiger partial charge is 0.377 e. The lowest BCUT2D eigenvalue weighted by molar-refractivity contribution is -0.123. The van der Waals surface area contributed by atoms with Crippen molar-refractivity contribution in [2.45, 2.75) is 32.0 Å². The van der Waals surface area contributed by atoms with E-state index in [1.807, 2.05) is 12.2 Å². The molecular formula is C10H17F3N2O2. The third kappa shape index (κ3) is 5.25. The minimum atomic E-state index is -4.37. The van der Waals surface area contributed by atoms with Crippen LogP contribution in [0.2, 0.25) is 0 Å². The Labute approximate surface area is 98.1 Å². The SMILES string of the molecule is CCOC1CCCN(C(=O)NCC(F)(F)F)C1. The number of piperidine rings is 1. The van der Waals surface area contributed by atoms with Gasteiger partial charge in [-0.1, -0.05) is 0 Å². The molecule has 0 radical (unpaired) electrons. The Balaban J connectivity index is 2.36. The Morgan fingerprint density at radius 2 is 2.24 bits per heavy atom. The summed E-state index contributed by atoms with van der Waals surface area (Å²) in [5.74, 6) is 0. The number of alkyl halides is 3. The van der Waals surface area contributed by atoms with E-state index in [-0.39, 0.29) is 6.10 Å². The molecule has 0 spiro atoms. The van der Waals surface area contributed by atoms with E-state index in [2.05, 4.69) is 0 Å². The highest BCUT2D eigenvalue weighted by Gasteiger charge is 2.30. The maximum atomic E-state index is 11.9. The van der Waals surface area contributed by atoms with Gasteiger partial charge in [-0.15, -0.1) is 0 Å². The molecular weight excluding hydrogens is 237 g/mol. The summed E-state index contributed by atoms with van der Waals surface area (Å²) in [6.45, 7) is 1.94. The molecule has 1 N–H and O–H groups in total. The van der Waals surface area contributed by atoms with Crippen LogP contribution >= 0.6 is 0 Å². The van der Waals surface area contributed by atoms with Gasteiger partial charge in [-0.2, -0.15) is 13.2 Å². The molecule has 7 heteroatoms. The Morgan fingerprint density at radius 3 is 2.82 bits per heavy atom. The summed E-state index contributed by atoms with van der Waals surface area (Å²) in [4.78, 5) is 12.8. The first kappa shape index (κ1) is 14.1. The fourth-order valence-corrected chi connectivity index (χ4v) is 1.78. The van der Waals surface area contributed by atoms with Crippen molar-refractivity contribution in [3.8, 4) is 0 Å². The van der Waals surface area contributed by atoms with Crippen molar-refractivity contribution in [1.82, 2.24) is 10.2 Å². The first-order valence-corrected chi connectivity index (χ1v) is 5.63. The number of halogens is 3. The van der Waals surface area contributed by atoms with Crippen molar-refractivity contribution in [2.75, 3.05) is 26.2 Å². The van der Waals surface area contributed by atoms with Crippen molar-refractivity contribution in [3.05, 3.63) is 0 Å². The molecule has 17 heavy (non-hydrogen) atoms. The van der Waals surface area contributed by atoms with Crippen LogP contribution in [-0.4, -0.2) is 49.5 Å². The normalized spacial score (nSPS) is 21.4. The third-order valence-electron chi connectivity index (χ3n) is 2.51. The zero-order chi connectivity index (χ0) is 12.9. The van der Waals surface area contributed by atoms with Gasteiger partial charge in [0.1, 0.15) is 6.54 Å². The third-order valence-corrected chi connectivity index (χ3v) is 2.51. The van der Waals surface area contributed by atoms with E-state index in [0.717, 1.165) is 12.8 Å². The van der Waals surface area contributed by atoms with Crippen molar-refractivity contribution < 1.29 is 22.7 Å². The van der Waals surface area contributed by atoms with Crippen molar-refractivity contribution >= 4 is 6.03 Å². The molecule has 1 fully saturated rings. The van der Waals surface area contributed by atoms with Crippen LogP contribution in [0.25, 0.3) is 0 Å². The van der Waals surface area contributed by atoms with Gasteiger partial charge in [0.25, 0.3) is 0 Å². The number of ether oxygens (including phenoxy) is 1. The number of rotatable bonds is 3. The molecule has 1 atom stereocenters. The van der Waals surface area contributed by atoms with Gasteiger partial charge in [-0.3, -0.25) is 0 Å². The first-order valence-electron chi connectivity index (χ1n) is 5.63. The van der Waals surface area contributed by atoms with Crippen LogP contribution < -0.4 is 5.32 Å².